The normalized spacial score (nSPS) is 27.6. The fourth-order valence-corrected chi connectivity index (χ4v) is 4.18. The van der Waals surface area contributed by atoms with Gasteiger partial charge in [-0.2, -0.15) is 4.31 Å². The number of carbonyl (C=O) groups excluding carboxylic acids is 1. The number of ether oxygens (including phenoxy) is 1. The van der Waals surface area contributed by atoms with E-state index in [9.17, 15) is 13.2 Å². The molecule has 0 aromatic carbocycles. The number of nitrogens with zero attached hydrogens (tertiary/aromatic N) is 1. The Balaban J connectivity index is 1.96. The van der Waals surface area contributed by atoms with Crippen molar-refractivity contribution in [3.05, 3.63) is 0 Å². The van der Waals surface area contributed by atoms with Crippen LogP contribution in [0.15, 0.2) is 0 Å². The molecule has 2 rings (SSSR count). The number of sulfonamides is 1. The van der Waals surface area contributed by atoms with Crippen molar-refractivity contribution in [1.82, 2.24) is 9.62 Å². The van der Waals surface area contributed by atoms with Crippen LogP contribution < -0.4 is 5.32 Å². The van der Waals surface area contributed by atoms with Crippen molar-refractivity contribution in [2.45, 2.75) is 57.6 Å². The molecule has 0 heterocycles. The second-order valence-corrected chi connectivity index (χ2v) is 8.70. The topological polar surface area (TPSA) is 75.7 Å². The Bertz CT molecular complexity index is 500. The Kier molecular flexibility index (Phi) is 5.50. The van der Waals surface area contributed by atoms with Gasteiger partial charge >= 0.3 is 0 Å². The summed E-state index contributed by atoms with van der Waals surface area (Å²) in [5.41, 5.74) is 0.0631. The highest BCUT2D eigenvalue weighted by atomic mass is 32.2. The minimum atomic E-state index is -3.33. The standard InChI is InChI=1S/C15H28N2O4S/c1-4-21-13-10-12(15(13)8-6-5-7-9-15)16-14(18)11-17(2)22(3,19)20/h12-13H,4-11H2,1-3H3,(H,16,18)/t12-,13+/m0/s1. The summed E-state index contributed by atoms with van der Waals surface area (Å²) >= 11 is 0. The summed E-state index contributed by atoms with van der Waals surface area (Å²) in [6, 6.07) is 0.116. The highest BCUT2D eigenvalue weighted by Crippen LogP contribution is 2.53. The molecule has 1 spiro atoms. The number of likely N-dealkylation sites (N-methyl/N-ethyl adjacent to an activating group) is 1. The molecule has 2 aliphatic carbocycles. The zero-order valence-electron chi connectivity index (χ0n) is 13.8. The lowest BCUT2D eigenvalue weighted by molar-refractivity contribution is -0.157. The van der Waals surface area contributed by atoms with Crippen LogP contribution in [0, 0.1) is 5.41 Å². The van der Waals surface area contributed by atoms with Gasteiger partial charge in [-0.25, -0.2) is 8.42 Å². The first-order valence-corrected chi connectivity index (χ1v) is 9.96. The van der Waals surface area contributed by atoms with Crippen LogP contribution in [0.2, 0.25) is 0 Å². The minimum Gasteiger partial charge on any atom is -0.378 e. The zero-order chi connectivity index (χ0) is 16.4. The number of hydrogen-bond donors (Lipinski definition) is 1. The molecule has 128 valence electrons. The molecule has 1 amide bonds. The van der Waals surface area contributed by atoms with Crippen molar-refractivity contribution in [2.24, 2.45) is 5.41 Å². The van der Waals surface area contributed by atoms with E-state index in [-0.39, 0.29) is 30.0 Å². The Morgan fingerprint density at radius 1 is 1.32 bits per heavy atom. The van der Waals surface area contributed by atoms with E-state index >= 15 is 0 Å². The molecule has 22 heavy (non-hydrogen) atoms. The summed E-state index contributed by atoms with van der Waals surface area (Å²) in [4.78, 5) is 12.1. The lowest BCUT2D eigenvalue weighted by Gasteiger charge is -2.57. The fraction of sp³-hybridized carbons (Fsp3) is 0.933. The van der Waals surface area contributed by atoms with Crippen LogP contribution in [0.25, 0.3) is 0 Å². The van der Waals surface area contributed by atoms with Gasteiger partial charge in [0.25, 0.3) is 0 Å². The summed E-state index contributed by atoms with van der Waals surface area (Å²) in [6.45, 7) is 2.58. The summed E-state index contributed by atoms with van der Waals surface area (Å²) in [5, 5.41) is 3.04. The van der Waals surface area contributed by atoms with Gasteiger partial charge in [-0.15, -0.1) is 0 Å². The molecule has 0 aliphatic heterocycles. The van der Waals surface area contributed by atoms with E-state index in [0.29, 0.717) is 6.61 Å². The number of amides is 1. The first-order valence-electron chi connectivity index (χ1n) is 8.12. The number of nitrogens with one attached hydrogen (secondary N) is 1. The van der Waals surface area contributed by atoms with Gasteiger partial charge in [0.05, 0.1) is 18.9 Å². The molecular weight excluding hydrogens is 304 g/mol. The molecular formula is C15H28N2O4S. The van der Waals surface area contributed by atoms with Gasteiger partial charge in [0.2, 0.25) is 15.9 Å². The van der Waals surface area contributed by atoms with Gasteiger partial charge < -0.3 is 10.1 Å². The van der Waals surface area contributed by atoms with Gasteiger partial charge in [0, 0.05) is 25.1 Å². The van der Waals surface area contributed by atoms with E-state index in [0.717, 1.165) is 29.8 Å². The highest BCUT2D eigenvalue weighted by Gasteiger charge is 2.56. The van der Waals surface area contributed by atoms with Gasteiger partial charge in [0.1, 0.15) is 0 Å². The SMILES string of the molecule is CCO[C@@H]1C[C@H](NC(=O)CN(C)S(C)(=O)=O)C12CCCCC2. The fourth-order valence-electron chi connectivity index (χ4n) is 3.83. The third kappa shape index (κ3) is 3.63. The predicted molar refractivity (Wildman–Crippen MR) is 85.0 cm³/mol. The maximum absolute atomic E-state index is 12.1. The molecule has 0 unspecified atom stereocenters. The van der Waals surface area contributed by atoms with E-state index in [1.165, 1.54) is 26.3 Å². The molecule has 0 radical (unpaired) electrons. The average molecular weight is 332 g/mol. The summed E-state index contributed by atoms with van der Waals surface area (Å²) in [7, 11) is -1.90. The second kappa shape index (κ2) is 6.84. The van der Waals surface area contributed by atoms with Crippen LogP contribution in [-0.2, 0) is 19.6 Å². The Morgan fingerprint density at radius 2 is 1.95 bits per heavy atom. The van der Waals surface area contributed by atoms with Crippen LogP contribution in [-0.4, -0.2) is 57.2 Å². The monoisotopic (exact) mass is 332 g/mol. The molecule has 0 bridgehead atoms. The molecule has 7 heteroatoms. The summed E-state index contributed by atoms with van der Waals surface area (Å²) < 4.78 is 29.7. The summed E-state index contributed by atoms with van der Waals surface area (Å²) in [6.07, 6.45) is 7.96. The molecule has 2 atom stereocenters. The third-order valence-corrected chi connectivity index (χ3v) is 6.47. The number of carbonyl (C=O) groups is 1. The number of rotatable bonds is 6. The molecule has 0 aromatic rings. The van der Waals surface area contributed by atoms with Crippen molar-refractivity contribution in [3.63, 3.8) is 0 Å². The van der Waals surface area contributed by atoms with Crippen LogP contribution in [0.5, 0.6) is 0 Å². The van der Waals surface area contributed by atoms with Gasteiger partial charge in [-0.1, -0.05) is 19.3 Å². The first-order chi connectivity index (χ1) is 10.3. The minimum absolute atomic E-state index is 0.0631. The van der Waals surface area contributed by atoms with Crippen molar-refractivity contribution >= 4 is 15.9 Å². The van der Waals surface area contributed by atoms with Crippen molar-refractivity contribution in [2.75, 3.05) is 26.5 Å². The van der Waals surface area contributed by atoms with Crippen molar-refractivity contribution in [3.8, 4) is 0 Å². The first kappa shape index (κ1) is 17.7. The van der Waals surface area contributed by atoms with E-state index in [2.05, 4.69) is 5.32 Å². The number of hydrogen-bond acceptors (Lipinski definition) is 4. The van der Waals surface area contributed by atoms with E-state index in [1.54, 1.807) is 0 Å². The molecule has 6 nitrogen and oxygen atoms in total. The average Bonchev–Trinajstić information content (AvgIpc) is 2.46. The zero-order valence-corrected chi connectivity index (χ0v) is 14.6. The molecule has 2 fully saturated rings. The smallest absolute Gasteiger partial charge is 0.235 e. The van der Waals surface area contributed by atoms with Crippen LogP contribution in [0.1, 0.15) is 45.4 Å². The summed E-state index contributed by atoms with van der Waals surface area (Å²) in [5.74, 6) is -0.224. The van der Waals surface area contributed by atoms with Gasteiger partial charge in [-0.05, 0) is 26.2 Å². The maximum Gasteiger partial charge on any atom is 0.235 e. The van der Waals surface area contributed by atoms with Crippen molar-refractivity contribution in [1.29, 1.82) is 0 Å². The van der Waals surface area contributed by atoms with Crippen LogP contribution >= 0.6 is 0 Å². The quantitative estimate of drug-likeness (QED) is 0.791. The van der Waals surface area contributed by atoms with Gasteiger partial charge in [0.15, 0.2) is 0 Å². The third-order valence-electron chi connectivity index (χ3n) is 5.20. The largest absolute Gasteiger partial charge is 0.378 e. The Morgan fingerprint density at radius 3 is 2.50 bits per heavy atom. The Labute approximate surface area is 133 Å². The van der Waals surface area contributed by atoms with Crippen LogP contribution in [0.3, 0.4) is 0 Å². The Hall–Kier alpha value is -0.660. The second-order valence-electron chi connectivity index (χ2n) is 6.61. The lowest BCUT2D eigenvalue weighted by Crippen LogP contribution is -2.66. The van der Waals surface area contributed by atoms with E-state index in [1.807, 2.05) is 6.92 Å². The molecule has 0 saturated heterocycles. The molecule has 0 aromatic heterocycles. The lowest BCUT2D eigenvalue weighted by atomic mass is 9.55. The van der Waals surface area contributed by atoms with Gasteiger partial charge in [-0.3, -0.25) is 4.79 Å². The molecule has 2 saturated carbocycles. The van der Waals surface area contributed by atoms with E-state index < -0.39 is 10.0 Å². The van der Waals surface area contributed by atoms with E-state index in [4.69, 9.17) is 4.74 Å². The molecule has 1 N–H and O–H groups in total. The maximum atomic E-state index is 12.1. The highest BCUT2D eigenvalue weighted by molar-refractivity contribution is 7.88. The predicted octanol–water partition coefficient (Wildman–Crippen LogP) is 1.12. The van der Waals surface area contributed by atoms with Crippen LogP contribution in [0.4, 0.5) is 0 Å². The van der Waals surface area contributed by atoms with Crippen molar-refractivity contribution < 1.29 is 17.9 Å². The molecule has 2 aliphatic rings.